The Morgan fingerprint density at radius 1 is 1.21 bits per heavy atom. The molecule has 4 heteroatoms. The second-order valence-electron chi connectivity index (χ2n) is 3.56. The van der Waals surface area contributed by atoms with Gasteiger partial charge in [0, 0.05) is 16.1 Å². The van der Waals surface area contributed by atoms with Crippen LogP contribution in [0.3, 0.4) is 0 Å². The molecule has 0 saturated heterocycles. The van der Waals surface area contributed by atoms with Gasteiger partial charge in [-0.05, 0) is 34.0 Å². The highest BCUT2D eigenvalue weighted by Gasteiger charge is 2.19. The number of phenols is 1. The summed E-state index contributed by atoms with van der Waals surface area (Å²) in [6.07, 6.45) is 0. The van der Waals surface area contributed by atoms with Crippen molar-refractivity contribution in [3.63, 3.8) is 0 Å². The third kappa shape index (κ3) is 2.30. The van der Waals surface area contributed by atoms with Gasteiger partial charge in [-0.2, -0.15) is 0 Å². The molecule has 78 valence electrons. The van der Waals surface area contributed by atoms with Gasteiger partial charge in [0.2, 0.25) is 0 Å². The lowest BCUT2D eigenvalue weighted by atomic mass is 9.96. The van der Waals surface area contributed by atoms with Crippen LogP contribution < -0.4 is 5.73 Å². The molecule has 1 rings (SSSR count). The number of rotatable bonds is 2. The molecule has 2 nitrogen and oxygen atoms in total. The van der Waals surface area contributed by atoms with Crippen LogP contribution in [0.25, 0.3) is 0 Å². The molecule has 0 heterocycles. The van der Waals surface area contributed by atoms with E-state index < -0.39 is 0 Å². The number of benzene rings is 1. The maximum atomic E-state index is 9.84. The van der Waals surface area contributed by atoms with E-state index in [1.54, 1.807) is 6.07 Å². The zero-order valence-corrected chi connectivity index (χ0v) is 11.3. The number of hydrogen-bond acceptors (Lipinski definition) is 2. The predicted octanol–water partition coefficient (Wildman–Crippen LogP) is 3.57. The highest BCUT2D eigenvalue weighted by Crippen LogP contribution is 2.38. The van der Waals surface area contributed by atoms with E-state index in [1.165, 1.54) is 0 Å². The maximum Gasteiger partial charge on any atom is 0.135 e. The van der Waals surface area contributed by atoms with Gasteiger partial charge in [0.1, 0.15) is 5.75 Å². The number of aromatic hydroxyl groups is 1. The summed E-state index contributed by atoms with van der Waals surface area (Å²) in [5, 5.41) is 9.84. The average molecular weight is 323 g/mol. The van der Waals surface area contributed by atoms with E-state index in [-0.39, 0.29) is 17.7 Å². The maximum absolute atomic E-state index is 9.84. The van der Waals surface area contributed by atoms with Crippen molar-refractivity contribution in [3.05, 3.63) is 26.6 Å². The number of halogens is 2. The number of hydrogen-bond donors (Lipinski definition) is 2. The first-order valence-corrected chi connectivity index (χ1v) is 5.96. The summed E-state index contributed by atoms with van der Waals surface area (Å²) in [6.45, 7) is 4.05. The van der Waals surface area contributed by atoms with Crippen LogP contribution in [-0.2, 0) is 0 Å². The van der Waals surface area contributed by atoms with E-state index >= 15 is 0 Å². The molecule has 0 radical (unpaired) electrons. The summed E-state index contributed by atoms with van der Waals surface area (Å²) in [7, 11) is 0. The van der Waals surface area contributed by atoms with Crippen LogP contribution in [0.15, 0.2) is 21.1 Å². The van der Waals surface area contributed by atoms with Crippen molar-refractivity contribution >= 4 is 31.9 Å². The van der Waals surface area contributed by atoms with Crippen LogP contribution in [-0.4, -0.2) is 5.11 Å². The number of nitrogens with two attached hydrogens (primary N) is 1. The summed E-state index contributed by atoms with van der Waals surface area (Å²) >= 11 is 6.66. The highest BCUT2D eigenvalue weighted by atomic mass is 79.9. The van der Waals surface area contributed by atoms with E-state index in [2.05, 4.69) is 31.9 Å². The second-order valence-corrected chi connectivity index (χ2v) is 5.27. The monoisotopic (exact) mass is 321 g/mol. The average Bonchev–Trinajstić information content (AvgIpc) is 2.12. The van der Waals surface area contributed by atoms with Gasteiger partial charge < -0.3 is 10.8 Å². The van der Waals surface area contributed by atoms with Crippen molar-refractivity contribution in [3.8, 4) is 5.75 Å². The zero-order chi connectivity index (χ0) is 10.9. The Morgan fingerprint density at radius 2 is 1.71 bits per heavy atom. The lowest BCUT2D eigenvalue weighted by molar-refractivity contribution is 0.436. The molecule has 0 bridgehead atoms. The molecule has 0 spiro atoms. The molecular weight excluding hydrogens is 310 g/mol. The van der Waals surface area contributed by atoms with Crippen LogP contribution >= 0.6 is 31.9 Å². The van der Waals surface area contributed by atoms with Crippen LogP contribution in [0.4, 0.5) is 0 Å². The molecule has 0 aliphatic rings. The Hall–Kier alpha value is -0.0600. The van der Waals surface area contributed by atoms with Gasteiger partial charge in [-0.3, -0.25) is 0 Å². The number of phenolic OH excluding ortho intramolecular Hbond substituents is 1. The van der Waals surface area contributed by atoms with Crippen molar-refractivity contribution in [1.82, 2.24) is 0 Å². The first kappa shape index (κ1) is 12.0. The Morgan fingerprint density at radius 3 is 2.21 bits per heavy atom. The van der Waals surface area contributed by atoms with E-state index in [4.69, 9.17) is 5.73 Å². The van der Waals surface area contributed by atoms with Gasteiger partial charge in [-0.1, -0.05) is 29.8 Å². The molecule has 0 aliphatic carbocycles. The summed E-state index contributed by atoms with van der Waals surface area (Å²) in [6, 6.07) is 3.50. The zero-order valence-electron chi connectivity index (χ0n) is 8.09. The van der Waals surface area contributed by atoms with Crippen molar-refractivity contribution < 1.29 is 5.11 Å². The predicted molar refractivity (Wildman–Crippen MR) is 65.3 cm³/mol. The van der Waals surface area contributed by atoms with Gasteiger partial charge in [-0.15, -0.1) is 0 Å². The van der Waals surface area contributed by atoms with Gasteiger partial charge in [0.25, 0.3) is 0 Å². The summed E-state index contributed by atoms with van der Waals surface area (Å²) < 4.78 is 1.52. The highest BCUT2D eigenvalue weighted by molar-refractivity contribution is 9.11. The molecule has 14 heavy (non-hydrogen) atoms. The van der Waals surface area contributed by atoms with Gasteiger partial charge in [0.05, 0.1) is 4.47 Å². The van der Waals surface area contributed by atoms with Gasteiger partial charge in [-0.25, -0.2) is 0 Å². The second kappa shape index (κ2) is 4.64. The molecule has 0 unspecified atom stereocenters. The summed E-state index contributed by atoms with van der Waals surface area (Å²) in [5.41, 5.74) is 6.76. The molecule has 0 amide bonds. The first-order valence-electron chi connectivity index (χ1n) is 4.37. The molecule has 3 N–H and O–H groups in total. The first-order chi connectivity index (χ1) is 6.45. The van der Waals surface area contributed by atoms with Crippen molar-refractivity contribution in [1.29, 1.82) is 0 Å². The van der Waals surface area contributed by atoms with Crippen LogP contribution in [0.1, 0.15) is 25.5 Å². The SMILES string of the molecule is CC(C)[C@H](N)c1c(Br)ccc(Br)c1O. The van der Waals surface area contributed by atoms with E-state index in [9.17, 15) is 5.11 Å². The van der Waals surface area contributed by atoms with Crippen LogP contribution in [0, 0.1) is 5.92 Å². The Bertz CT molecular complexity index is 339. The topological polar surface area (TPSA) is 46.2 Å². The molecule has 0 aliphatic heterocycles. The minimum absolute atomic E-state index is 0.165. The van der Waals surface area contributed by atoms with Gasteiger partial charge >= 0.3 is 0 Å². The summed E-state index contributed by atoms with van der Waals surface area (Å²) in [4.78, 5) is 0. The lowest BCUT2D eigenvalue weighted by Gasteiger charge is -2.19. The third-order valence-corrected chi connectivity index (χ3v) is 3.50. The standard InChI is InChI=1S/C10H13Br2NO/c1-5(2)9(13)8-6(11)3-4-7(12)10(8)14/h3-5,9,14H,13H2,1-2H3/t9-/m0/s1. The van der Waals surface area contributed by atoms with Crippen LogP contribution in [0.5, 0.6) is 5.75 Å². The molecule has 1 aromatic rings. The van der Waals surface area contributed by atoms with Crippen molar-refractivity contribution in [2.45, 2.75) is 19.9 Å². The lowest BCUT2D eigenvalue weighted by Crippen LogP contribution is -2.17. The minimum atomic E-state index is -0.165. The Balaban J connectivity index is 3.25. The quantitative estimate of drug-likeness (QED) is 0.874. The minimum Gasteiger partial charge on any atom is -0.506 e. The normalized spacial score (nSPS) is 13.3. The molecule has 1 atom stereocenters. The Kier molecular flexibility index (Phi) is 3.98. The van der Waals surface area contributed by atoms with Gasteiger partial charge in [0.15, 0.2) is 0 Å². The molecule has 0 aromatic heterocycles. The summed E-state index contributed by atoms with van der Waals surface area (Å²) in [5.74, 6) is 0.507. The van der Waals surface area contributed by atoms with E-state index in [1.807, 2.05) is 19.9 Å². The van der Waals surface area contributed by atoms with Crippen molar-refractivity contribution in [2.24, 2.45) is 11.7 Å². The molecule has 0 saturated carbocycles. The molecular formula is C10H13Br2NO. The largest absolute Gasteiger partial charge is 0.506 e. The molecule has 0 fully saturated rings. The Labute approximate surface area is 101 Å². The fourth-order valence-corrected chi connectivity index (χ4v) is 2.14. The third-order valence-electron chi connectivity index (χ3n) is 2.17. The fraction of sp³-hybridized carbons (Fsp3) is 0.400. The molecule has 1 aromatic carbocycles. The fourth-order valence-electron chi connectivity index (χ4n) is 1.21. The smallest absolute Gasteiger partial charge is 0.135 e. The van der Waals surface area contributed by atoms with Crippen LogP contribution in [0.2, 0.25) is 0 Å². The van der Waals surface area contributed by atoms with E-state index in [0.29, 0.717) is 4.47 Å². The van der Waals surface area contributed by atoms with E-state index in [0.717, 1.165) is 10.0 Å². The van der Waals surface area contributed by atoms with Crippen molar-refractivity contribution in [2.75, 3.05) is 0 Å².